The molecule has 2 rings (SSSR count). The van der Waals surface area contributed by atoms with Gasteiger partial charge in [-0.3, -0.25) is 0 Å². The SMILES string of the molecule is [H-].[Hf+][CH2]C(C1=CC=CC1)C1=CC=CC1. The van der Waals surface area contributed by atoms with Crippen LogP contribution >= 0.6 is 0 Å². The van der Waals surface area contributed by atoms with Gasteiger partial charge in [-0.15, -0.1) is 0 Å². The Bertz CT molecular complexity index is 280. The second-order valence-corrected chi connectivity index (χ2v) is 4.97. The van der Waals surface area contributed by atoms with Crippen molar-refractivity contribution in [3.05, 3.63) is 47.6 Å². The van der Waals surface area contributed by atoms with E-state index in [0.717, 1.165) is 5.92 Å². The van der Waals surface area contributed by atoms with Crippen molar-refractivity contribution in [3.63, 3.8) is 0 Å². The monoisotopic (exact) mass is 338 g/mol. The molecule has 0 aromatic carbocycles. The molecule has 13 heavy (non-hydrogen) atoms. The zero-order chi connectivity index (χ0) is 9.10. The molecular weight excluding hydrogens is 323 g/mol. The number of allylic oxidation sites excluding steroid dienone is 8. The molecule has 0 amide bonds. The Morgan fingerprint density at radius 3 is 2.00 bits per heavy atom. The van der Waals surface area contributed by atoms with Crippen molar-refractivity contribution in [1.82, 2.24) is 0 Å². The fourth-order valence-corrected chi connectivity index (χ4v) is 3.83. The molecule has 0 atom stereocenters. The predicted molar refractivity (Wildman–Crippen MR) is 53.1 cm³/mol. The van der Waals surface area contributed by atoms with Crippen LogP contribution in [0.25, 0.3) is 0 Å². The minimum atomic E-state index is 0. The minimum absolute atomic E-state index is 0. The van der Waals surface area contributed by atoms with Crippen molar-refractivity contribution in [3.8, 4) is 0 Å². The van der Waals surface area contributed by atoms with E-state index in [1.807, 2.05) is 0 Å². The summed E-state index contributed by atoms with van der Waals surface area (Å²) in [7, 11) is 0. The van der Waals surface area contributed by atoms with E-state index >= 15 is 0 Å². The first-order valence-electron chi connectivity index (χ1n) is 4.77. The third kappa shape index (κ3) is 2.01. The van der Waals surface area contributed by atoms with Crippen molar-refractivity contribution >= 4 is 0 Å². The van der Waals surface area contributed by atoms with E-state index in [1.165, 1.54) is 41.4 Å². The van der Waals surface area contributed by atoms with E-state index in [1.54, 1.807) is 11.1 Å². The van der Waals surface area contributed by atoms with Gasteiger partial charge in [0.2, 0.25) is 0 Å². The molecule has 0 radical (unpaired) electrons. The molecule has 0 spiro atoms. The van der Waals surface area contributed by atoms with Crippen molar-refractivity contribution in [2.75, 3.05) is 0 Å². The van der Waals surface area contributed by atoms with Crippen LogP contribution in [-0.2, 0) is 24.4 Å². The molecule has 0 aliphatic heterocycles. The first kappa shape index (κ1) is 9.39. The molecule has 0 heterocycles. The number of rotatable bonds is 3. The quantitative estimate of drug-likeness (QED) is 0.693. The Hall–Kier alpha value is -0.170. The van der Waals surface area contributed by atoms with Crippen molar-refractivity contribution < 1.29 is 25.8 Å². The molecule has 0 saturated heterocycles. The first-order chi connectivity index (χ1) is 6.42. The normalized spacial score (nSPS) is 19.7. The second-order valence-electron chi connectivity index (χ2n) is 3.50. The first-order valence-corrected chi connectivity index (χ1v) is 7.31. The van der Waals surface area contributed by atoms with Crippen LogP contribution in [-0.4, -0.2) is 0 Å². The van der Waals surface area contributed by atoms with Crippen molar-refractivity contribution in [2.24, 2.45) is 5.92 Å². The van der Waals surface area contributed by atoms with Crippen LogP contribution < -0.4 is 0 Å². The third-order valence-corrected chi connectivity index (χ3v) is 4.17. The van der Waals surface area contributed by atoms with Crippen LogP contribution in [0.4, 0.5) is 0 Å². The van der Waals surface area contributed by atoms with E-state index in [-0.39, 0.29) is 1.43 Å². The summed E-state index contributed by atoms with van der Waals surface area (Å²) in [4.78, 5) is 0. The zero-order valence-electron chi connectivity index (χ0n) is 8.66. The van der Waals surface area contributed by atoms with Crippen LogP contribution in [0.3, 0.4) is 0 Å². The van der Waals surface area contributed by atoms with Crippen LogP contribution in [0.15, 0.2) is 47.6 Å². The molecule has 66 valence electrons. The Morgan fingerprint density at radius 2 is 1.69 bits per heavy atom. The van der Waals surface area contributed by atoms with Gasteiger partial charge in [-0.1, -0.05) is 0 Å². The van der Waals surface area contributed by atoms with Gasteiger partial charge in [0.1, 0.15) is 0 Å². The third-order valence-electron chi connectivity index (χ3n) is 2.70. The van der Waals surface area contributed by atoms with Gasteiger partial charge in [0, 0.05) is 0 Å². The molecule has 0 nitrogen and oxygen atoms in total. The fraction of sp³-hybridized carbons (Fsp3) is 0.333. The maximum atomic E-state index is 2.31. The maximum absolute atomic E-state index is 2.31. The summed E-state index contributed by atoms with van der Waals surface area (Å²) >= 11 is 1.30. The summed E-state index contributed by atoms with van der Waals surface area (Å²) in [5.41, 5.74) is 3.26. The van der Waals surface area contributed by atoms with E-state index < -0.39 is 0 Å². The van der Waals surface area contributed by atoms with Gasteiger partial charge in [0.05, 0.1) is 0 Å². The summed E-state index contributed by atoms with van der Waals surface area (Å²) in [5.74, 6) is 0.761. The summed E-state index contributed by atoms with van der Waals surface area (Å²) < 4.78 is 1.38. The van der Waals surface area contributed by atoms with Gasteiger partial charge >= 0.3 is 94.9 Å². The summed E-state index contributed by atoms with van der Waals surface area (Å²) in [6.07, 6.45) is 15.9. The van der Waals surface area contributed by atoms with Crippen LogP contribution in [0, 0.1) is 5.92 Å². The number of hydrogen-bond donors (Lipinski definition) is 0. The van der Waals surface area contributed by atoms with E-state index in [9.17, 15) is 0 Å². The van der Waals surface area contributed by atoms with E-state index in [4.69, 9.17) is 0 Å². The molecule has 0 fully saturated rings. The summed E-state index contributed by atoms with van der Waals surface area (Å²) in [5, 5.41) is 0. The Morgan fingerprint density at radius 1 is 1.15 bits per heavy atom. The van der Waals surface area contributed by atoms with E-state index in [0.29, 0.717) is 0 Å². The molecule has 0 N–H and O–H groups in total. The summed E-state index contributed by atoms with van der Waals surface area (Å²) in [6.45, 7) is 0. The average molecular weight is 337 g/mol. The van der Waals surface area contributed by atoms with Crippen LogP contribution in [0.1, 0.15) is 14.3 Å². The Kier molecular flexibility index (Phi) is 3.15. The Labute approximate surface area is 96.2 Å². The molecule has 0 aromatic heterocycles. The second kappa shape index (κ2) is 4.36. The molecule has 2 aliphatic carbocycles. The van der Waals surface area contributed by atoms with Gasteiger partial charge in [-0.25, -0.2) is 0 Å². The molecule has 0 unspecified atom stereocenters. The van der Waals surface area contributed by atoms with Gasteiger partial charge < -0.3 is 1.43 Å². The number of hydrogen-bond acceptors (Lipinski definition) is 0. The standard InChI is InChI=1S/C12H13.Hf.H/c1-10(11-6-2-3-7-11)12-8-4-5-9-12;;/h2-6,8,10H,1,7,9H2;;/q;+1;-1. The predicted octanol–water partition coefficient (Wildman–Crippen LogP) is 3.45. The van der Waals surface area contributed by atoms with Crippen molar-refractivity contribution in [2.45, 2.75) is 17.0 Å². The van der Waals surface area contributed by atoms with Crippen LogP contribution in [0.5, 0.6) is 0 Å². The average Bonchev–Trinajstić information content (AvgIpc) is 2.76. The van der Waals surface area contributed by atoms with Crippen LogP contribution in [0.2, 0.25) is 4.18 Å². The molecule has 0 saturated carbocycles. The van der Waals surface area contributed by atoms with Crippen molar-refractivity contribution in [1.29, 1.82) is 0 Å². The Balaban J connectivity index is 0.000000980. The molecule has 0 bridgehead atoms. The van der Waals surface area contributed by atoms with Gasteiger partial charge in [-0.05, 0) is 0 Å². The molecular formula is C12H14Hf. The molecule has 0 aromatic rings. The van der Waals surface area contributed by atoms with Gasteiger partial charge in [-0.2, -0.15) is 0 Å². The molecule has 1 heteroatoms. The van der Waals surface area contributed by atoms with E-state index in [2.05, 4.69) is 36.5 Å². The topological polar surface area (TPSA) is 0 Å². The van der Waals surface area contributed by atoms with Gasteiger partial charge in [0.25, 0.3) is 0 Å². The summed E-state index contributed by atoms with van der Waals surface area (Å²) in [6, 6.07) is 0. The fourth-order valence-electron chi connectivity index (χ4n) is 1.94. The zero-order valence-corrected chi connectivity index (χ0v) is 11.3. The van der Waals surface area contributed by atoms with Gasteiger partial charge in [0.15, 0.2) is 0 Å². The molecule has 2 aliphatic rings.